The van der Waals surface area contributed by atoms with Gasteiger partial charge in [-0.15, -0.1) is 0 Å². The zero-order valence-electron chi connectivity index (χ0n) is 16.9. The first-order valence-electron chi connectivity index (χ1n) is 9.60. The second-order valence-electron chi connectivity index (χ2n) is 7.00. The number of carbonyl (C=O) groups excluding carboxylic acids is 1. The Morgan fingerprint density at radius 1 is 1.11 bits per heavy atom. The molecule has 0 spiro atoms. The highest BCUT2D eigenvalue weighted by Crippen LogP contribution is 2.23. The van der Waals surface area contributed by atoms with Crippen LogP contribution in [0.2, 0.25) is 0 Å². The Morgan fingerprint density at radius 2 is 1.79 bits per heavy atom. The summed E-state index contributed by atoms with van der Waals surface area (Å²) < 4.78 is 7.83. The molecule has 1 aromatic heterocycles. The second kappa shape index (κ2) is 8.74. The van der Waals surface area contributed by atoms with Gasteiger partial charge in [0.1, 0.15) is 12.4 Å². The van der Waals surface area contributed by atoms with E-state index in [1.807, 2.05) is 87.1 Å². The van der Waals surface area contributed by atoms with Gasteiger partial charge in [0.15, 0.2) is 0 Å². The topological polar surface area (TPSA) is 56.2 Å². The number of para-hydroxylation sites is 1. The predicted octanol–water partition coefficient (Wildman–Crippen LogP) is 4.59. The lowest BCUT2D eigenvalue weighted by atomic mass is 10.1. The molecule has 0 radical (unpaired) electrons. The third-order valence-corrected chi connectivity index (χ3v) is 4.78. The van der Waals surface area contributed by atoms with Crippen LogP contribution < -0.4 is 10.1 Å². The van der Waals surface area contributed by atoms with Crippen molar-refractivity contribution in [3.05, 3.63) is 82.7 Å². The van der Waals surface area contributed by atoms with Gasteiger partial charge in [0.2, 0.25) is 0 Å². The normalized spacial score (nSPS) is 11.9. The van der Waals surface area contributed by atoms with Crippen LogP contribution in [0.3, 0.4) is 0 Å². The third kappa shape index (κ3) is 4.60. The zero-order chi connectivity index (χ0) is 20.1. The molecule has 0 bridgehead atoms. The Labute approximate surface area is 166 Å². The van der Waals surface area contributed by atoms with Gasteiger partial charge in [-0.25, -0.2) is 0 Å². The molecular weight excluding hydrogens is 350 g/mol. The molecule has 28 heavy (non-hydrogen) atoms. The quantitative estimate of drug-likeness (QED) is 0.655. The molecule has 0 saturated heterocycles. The van der Waals surface area contributed by atoms with Gasteiger partial charge in [0, 0.05) is 18.3 Å². The van der Waals surface area contributed by atoms with Crippen molar-refractivity contribution in [1.29, 1.82) is 0 Å². The summed E-state index contributed by atoms with van der Waals surface area (Å²) in [6, 6.07) is 15.4. The third-order valence-electron chi connectivity index (χ3n) is 4.78. The Morgan fingerprint density at radius 3 is 2.39 bits per heavy atom. The number of aryl methyl sites for hydroxylation is 3. The van der Waals surface area contributed by atoms with Crippen molar-refractivity contribution < 1.29 is 9.53 Å². The summed E-state index contributed by atoms with van der Waals surface area (Å²) in [5.74, 6) is 0.811. The average molecular weight is 377 g/mol. The molecule has 1 amide bonds. The van der Waals surface area contributed by atoms with Crippen LogP contribution in [0.25, 0.3) is 0 Å². The van der Waals surface area contributed by atoms with Gasteiger partial charge in [0.05, 0.1) is 11.7 Å². The Kier molecular flexibility index (Phi) is 6.14. The highest BCUT2D eigenvalue weighted by atomic mass is 16.5. The van der Waals surface area contributed by atoms with Crippen molar-refractivity contribution in [2.45, 2.75) is 46.9 Å². The number of nitrogens with zero attached hydrogens (tertiary/aromatic N) is 2. The van der Waals surface area contributed by atoms with Crippen LogP contribution in [-0.4, -0.2) is 15.7 Å². The first-order valence-corrected chi connectivity index (χ1v) is 9.60. The first kappa shape index (κ1) is 19.7. The van der Waals surface area contributed by atoms with Crippen molar-refractivity contribution in [3.63, 3.8) is 0 Å². The van der Waals surface area contributed by atoms with E-state index in [9.17, 15) is 4.79 Å². The number of hydrogen-bond donors (Lipinski definition) is 1. The van der Waals surface area contributed by atoms with Gasteiger partial charge in [-0.1, -0.05) is 30.3 Å². The molecule has 0 saturated carbocycles. The molecule has 0 aliphatic heterocycles. The van der Waals surface area contributed by atoms with Gasteiger partial charge in [-0.2, -0.15) is 5.10 Å². The molecule has 1 atom stereocenters. The maximum atomic E-state index is 12.5. The van der Waals surface area contributed by atoms with Crippen molar-refractivity contribution >= 4 is 5.91 Å². The predicted molar refractivity (Wildman–Crippen MR) is 110 cm³/mol. The molecule has 3 rings (SSSR count). The summed E-state index contributed by atoms with van der Waals surface area (Å²) in [5, 5.41) is 7.44. The molecule has 0 aliphatic rings. The van der Waals surface area contributed by atoms with E-state index in [-0.39, 0.29) is 11.9 Å². The number of aromatic nitrogens is 2. The molecule has 146 valence electrons. The van der Waals surface area contributed by atoms with E-state index in [1.54, 1.807) is 0 Å². The Bertz CT molecular complexity index is 924. The molecular formula is C23H27N3O2. The van der Waals surface area contributed by atoms with Crippen LogP contribution in [0.4, 0.5) is 0 Å². The monoisotopic (exact) mass is 377 g/mol. The maximum Gasteiger partial charge on any atom is 0.251 e. The van der Waals surface area contributed by atoms with E-state index in [4.69, 9.17) is 4.74 Å². The average Bonchev–Trinajstić information content (AvgIpc) is 3.17. The lowest BCUT2D eigenvalue weighted by molar-refractivity contribution is 0.0939. The summed E-state index contributed by atoms with van der Waals surface area (Å²) in [6.07, 6.45) is 1.92. The minimum atomic E-state index is -0.146. The fraction of sp³-hybridized carbons (Fsp3) is 0.304. The van der Waals surface area contributed by atoms with Gasteiger partial charge >= 0.3 is 0 Å². The summed E-state index contributed by atoms with van der Waals surface area (Å²) in [5.41, 5.74) is 4.74. The number of carbonyl (C=O) groups is 1. The summed E-state index contributed by atoms with van der Waals surface area (Å²) >= 11 is 0. The molecule has 5 nitrogen and oxygen atoms in total. The standard InChI is InChI=1S/C23H27N3O2/c1-5-26-14-13-21(25-26)18(4)24-23(27)20-11-9-19(10-12-20)15-28-22-16(2)7-6-8-17(22)3/h6-14,18H,5,15H2,1-4H3,(H,24,27). The van der Waals surface area contributed by atoms with E-state index in [1.165, 1.54) is 0 Å². The van der Waals surface area contributed by atoms with Crippen LogP contribution in [0.1, 0.15) is 52.6 Å². The SMILES string of the molecule is CCn1ccc(C(C)NC(=O)c2ccc(COc3c(C)cccc3C)cc2)n1. The molecule has 3 aromatic rings. The number of hydrogen-bond acceptors (Lipinski definition) is 3. The number of ether oxygens (including phenoxy) is 1. The van der Waals surface area contributed by atoms with Crippen LogP contribution >= 0.6 is 0 Å². The minimum absolute atomic E-state index is 0.110. The van der Waals surface area contributed by atoms with Gasteiger partial charge in [-0.05, 0) is 62.6 Å². The van der Waals surface area contributed by atoms with E-state index >= 15 is 0 Å². The van der Waals surface area contributed by atoms with Crippen molar-refractivity contribution in [2.24, 2.45) is 0 Å². The molecule has 1 N–H and O–H groups in total. The Balaban J connectivity index is 1.59. The van der Waals surface area contributed by atoms with Crippen LogP contribution in [-0.2, 0) is 13.2 Å². The van der Waals surface area contributed by atoms with Gasteiger partial charge in [0.25, 0.3) is 5.91 Å². The number of amides is 1. The summed E-state index contributed by atoms with van der Waals surface area (Å²) in [7, 11) is 0. The van der Waals surface area contributed by atoms with E-state index in [0.29, 0.717) is 12.2 Å². The summed E-state index contributed by atoms with van der Waals surface area (Å²) in [4.78, 5) is 12.5. The van der Waals surface area contributed by atoms with E-state index in [2.05, 4.69) is 10.4 Å². The fourth-order valence-corrected chi connectivity index (χ4v) is 3.07. The van der Waals surface area contributed by atoms with E-state index < -0.39 is 0 Å². The fourth-order valence-electron chi connectivity index (χ4n) is 3.07. The van der Waals surface area contributed by atoms with Crippen LogP contribution in [0.5, 0.6) is 5.75 Å². The minimum Gasteiger partial charge on any atom is -0.488 e. The first-order chi connectivity index (χ1) is 13.5. The Hall–Kier alpha value is -3.08. The van der Waals surface area contributed by atoms with Crippen molar-refractivity contribution in [1.82, 2.24) is 15.1 Å². The highest BCUT2D eigenvalue weighted by molar-refractivity contribution is 5.94. The largest absolute Gasteiger partial charge is 0.488 e. The molecule has 5 heteroatoms. The smallest absolute Gasteiger partial charge is 0.251 e. The molecule has 1 heterocycles. The summed E-state index contributed by atoms with van der Waals surface area (Å²) in [6.45, 7) is 9.34. The van der Waals surface area contributed by atoms with Crippen LogP contribution in [0.15, 0.2) is 54.7 Å². The molecule has 1 unspecified atom stereocenters. The van der Waals surface area contributed by atoms with Crippen molar-refractivity contribution in [2.75, 3.05) is 0 Å². The number of rotatable bonds is 7. The highest BCUT2D eigenvalue weighted by Gasteiger charge is 2.14. The van der Waals surface area contributed by atoms with E-state index in [0.717, 1.165) is 34.7 Å². The lowest BCUT2D eigenvalue weighted by Crippen LogP contribution is -2.27. The van der Waals surface area contributed by atoms with Crippen LogP contribution in [0, 0.1) is 13.8 Å². The molecule has 0 fully saturated rings. The number of benzene rings is 2. The second-order valence-corrected chi connectivity index (χ2v) is 7.00. The van der Waals surface area contributed by atoms with Crippen molar-refractivity contribution in [3.8, 4) is 5.75 Å². The number of nitrogens with one attached hydrogen (secondary N) is 1. The molecule has 2 aromatic carbocycles. The lowest BCUT2D eigenvalue weighted by Gasteiger charge is -2.13. The molecule has 0 aliphatic carbocycles. The maximum absolute atomic E-state index is 12.5. The van der Waals surface area contributed by atoms with Gasteiger partial charge < -0.3 is 10.1 Å². The van der Waals surface area contributed by atoms with Gasteiger partial charge in [-0.3, -0.25) is 9.48 Å². The zero-order valence-corrected chi connectivity index (χ0v) is 16.9.